The van der Waals surface area contributed by atoms with Crippen molar-refractivity contribution in [1.82, 2.24) is 20.0 Å². The summed E-state index contributed by atoms with van der Waals surface area (Å²) in [5, 5.41) is 5.19. The van der Waals surface area contributed by atoms with Gasteiger partial charge in [0.2, 0.25) is 17.6 Å². The molecule has 0 aliphatic heterocycles. The van der Waals surface area contributed by atoms with Crippen LogP contribution in [0.2, 0.25) is 0 Å². The topological polar surface area (TPSA) is 64.3 Å². The standard InChI is InChI=1S/C22H22N4O2/c1-15-9-10-19-17(11-15)12-18(22(23-19)27-3)13-26(2)14-20-24-21(25-28-20)16-7-5-4-6-8-16/h4-12H,13-14H2,1-3H3. The first-order chi connectivity index (χ1) is 13.6. The van der Waals surface area contributed by atoms with Crippen molar-refractivity contribution in [2.75, 3.05) is 14.2 Å². The van der Waals surface area contributed by atoms with E-state index in [4.69, 9.17) is 9.26 Å². The fraction of sp³-hybridized carbons (Fsp3) is 0.227. The fourth-order valence-corrected chi connectivity index (χ4v) is 3.21. The van der Waals surface area contributed by atoms with E-state index in [9.17, 15) is 0 Å². The van der Waals surface area contributed by atoms with Gasteiger partial charge in [-0.1, -0.05) is 47.1 Å². The van der Waals surface area contributed by atoms with Gasteiger partial charge in [-0.2, -0.15) is 4.98 Å². The molecule has 0 amide bonds. The lowest BCUT2D eigenvalue weighted by molar-refractivity contribution is 0.257. The van der Waals surface area contributed by atoms with Crippen molar-refractivity contribution in [3.63, 3.8) is 0 Å². The Kier molecular flexibility index (Phi) is 5.04. The van der Waals surface area contributed by atoms with Crippen molar-refractivity contribution in [2.45, 2.75) is 20.0 Å². The number of ether oxygens (including phenoxy) is 1. The number of hydrogen-bond donors (Lipinski definition) is 0. The van der Waals surface area contributed by atoms with Gasteiger partial charge >= 0.3 is 0 Å². The predicted molar refractivity (Wildman–Crippen MR) is 108 cm³/mol. The molecule has 2 heterocycles. The molecular formula is C22H22N4O2. The Morgan fingerprint density at radius 1 is 1.00 bits per heavy atom. The maximum absolute atomic E-state index is 5.51. The van der Waals surface area contributed by atoms with Crippen molar-refractivity contribution < 1.29 is 9.26 Å². The van der Waals surface area contributed by atoms with E-state index < -0.39 is 0 Å². The third-order valence-corrected chi connectivity index (χ3v) is 4.55. The van der Waals surface area contributed by atoms with Crippen LogP contribution in [0.4, 0.5) is 0 Å². The molecule has 0 unspecified atom stereocenters. The van der Waals surface area contributed by atoms with Gasteiger partial charge in [-0.25, -0.2) is 4.98 Å². The van der Waals surface area contributed by atoms with E-state index in [0.29, 0.717) is 30.7 Å². The van der Waals surface area contributed by atoms with Crippen LogP contribution in [0.1, 0.15) is 17.0 Å². The summed E-state index contributed by atoms with van der Waals surface area (Å²) in [7, 11) is 3.66. The largest absolute Gasteiger partial charge is 0.481 e. The van der Waals surface area contributed by atoms with Gasteiger partial charge in [0.1, 0.15) is 0 Å². The second kappa shape index (κ2) is 7.78. The molecule has 0 aliphatic carbocycles. The van der Waals surface area contributed by atoms with Crippen LogP contribution in [-0.4, -0.2) is 34.2 Å². The maximum Gasteiger partial charge on any atom is 0.241 e. The molecule has 0 N–H and O–H groups in total. The lowest BCUT2D eigenvalue weighted by atomic mass is 10.1. The third kappa shape index (κ3) is 3.87. The number of aryl methyl sites for hydroxylation is 1. The average Bonchev–Trinajstić information content (AvgIpc) is 3.16. The summed E-state index contributed by atoms with van der Waals surface area (Å²) in [6, 6.07) is 18.1. The molecule has 6 heteroatoms. The molecule has 0 saturated carbocycles. The summed E-state index contributed by atoms with van der Waals surface area (Å²) in [6.45, 7) is 3.27. The molecule has 0 spiro atoms. The predicted octanol–water partition coefficient (Wildman–Crippen LogP) is 4.23. The molecule has 28 heavy (non-hydrogen) atoms. The van der Waals surface area contributed by atoms with Crippen molar-refractivity contribution >= 4 is 10.9 Å². The Balaban J connectivity index is 1.52. The molecule has 0 bridgehead atoms. The first-order valence-electron chi connectivity index (χ1n) is 9.13. The highest BCUT2D eigenvalue weighted by atomic mass is 16.5. The highest BCUT2D eigenvalue weighted by Gasteiger charge is 2.14. The fourth-order valence-electron chi connectivity index (χ4n) is 3.21. The Morgan fingerprint density at radius 2 is 1.82 bits per heavy atom. The summed E-state index contributed by atoms with van der Waals surface area (Å²) >= 11 is 0. The van der Waals surface area contributed by atoms with Crippen molar-refractivity contribution in [3.05, 3.63) is 71.6 Å². The molecule has 0 aliphatic rings. The zero-order valence-electron chi connectivity index (χ0n) is 16.2. The Labute approximate surface area is 163 Å². The summed E-state index contributed by atoms with van der Waals surface area (Å²) in [4.78, 5) is 11.2. The van der Waals surface area contributed by atoms with E-state index in [1.165, 1.54) is 5.56 Å². The smallest absolute Gasteiger partial charge is 0.241 e. The monoisotopic (exact) mass is 374 g/mol. The van der Waals surface area contributed by atoms with Crippen LogP contribution >= 0.6 is 0 Å². The van der Waals surface area contributed by atoms with Gasteiger partial charge in [-0.3, -0.25) is 4.90 Å². The minimum Gasteiger partial charge on any atom is -0.481 e. The van der Waals surface area contributed by atoms with Crippen LogP contribution in [0.5, 0.6) is 5.88 Å². The van der Waals surface area contributed by atoms with Gasteiger partial charge in [0.15, 0.2) is 0 Å². The SMILES string of the molecule is COc1nc2ccc(C)cc2cc1CN(C)Cc1nc(-c2ccccc2)no1. The number of benzene rings is 2. The average molecular weight is 374 g/mol. The molecule has 0 saturated heterocycles. The minimum absolute atomic E-state index is 0.537. The van der Waals surface area contributed by atoms with E-state index in [-0.39, 0.29) is 0 Å². The normalized spacial score (nSPS) is 11.3. The maximum atomic E-state index is 5.51. The lowest BCUT2D eigenvalue weighted by Gasteiger charge is -2.16. The van der Waals surface area contributed by atoms with E-state index in [1.807, 2.05) is 43.4 Å². The molecule has 142 valence electrons. The quantitative estimate of drug-likeness (QED) is 0.503. The van der Waals surface area contributed by atoms with Crippen LogP contribution in [0, 0.1) is 6.92 Å². The highest BCUT2D eigenvalue weighted by molar-refractivity contribution is 5.80. The molecule has 2 aromatic heterocycles. The molecule has 0 radical (unpaired) electrons. The first-order valence-corrected chi connectivity index (χ1v) is 9.13. The van der Waals surface area contributed by atoms with Gasteiger partial charge < -0.3 is 9.26 Å². The number of aromatic nitrogens is 3. The number of pyridine rings is 1. The Morgan fingerprint density at radius 3 is 2.61 bits per heavy atom. The zero-order chi connectivity index (χ0) is 19.5. The molecule has 2 aromatic carbocycles. The Bertz CT molecular complexity index is 1090. The van der Waals surface area contributed by atoms with Gasteiger partial charge in [0, 0.05) is 23.1 Å². The number of methoxy groups -OCH3 is 1. The Hall–Kier alpha value is -3.25. The van der Waals surface area contributed by atoms with Crippen molar-refractivity contribution in [2.24, 2.45) is 0 Å². The van der Waals surface area contributed by atoms with Crippen molar-refractivity contribution in [1.29, 1.82) is 0 Å². The summed E-state index contributed by atoms with van der Waals surface area (Å²) in [5.74, 6) is 1.81. The number of rotatable bonds is 6. The van der Waals surface area contributed by atoms with Gasteiger partial charge in [-0.15, -0.1) is 0 Å². The van der Waals surface area contributed by atoms with Gasteiger partial charge in [0.05, 0.1) is 19.2 Å². The van der Waals surface area contributed by atoms with Crippen LogP contribution in [-0.2, 0) is 13.1 Å². The number of fused-ring (bicyclic) bond motifs is 1. The summed E-state index contributed by atoms with van der Waals surface area (Å²) < 4.78 is 10.9. The van der Waals surface area contributed by atoms with Gasteiger partial charge in [-0.05, 0) is 32.2 Å². The second-order valence-corrected chi connectivity index (χ2v) is 6.90. The number of nitrogens with zero attached hydrogens (tertiary/aromatic N) is 4. The minimum atomic E-state index is 0.537. The molecule has 0 fully saturated rings. The molecule has 4 rings (SSSR count). The van der Waals surface area contributed by atoms with E-state index >= 15 is 0 Å². The zero-order valence-corrected chi connectivity index (χ0v) is 16.2. The van der Waals surface area contributed by atoms with Crippen LogP contribution < -0.4 is 4.74 Å². The van der Waals surface area contributed by atoms with Crippen LogP contribution in [0.3, 0.4) is 0 Å². The van der Waals surface area contributed by atoms with E-state index in [1.54, 1.807) is 7.11 Å². The van der Waals surface area contributed by atoms with Crippen LogP contribution in [0.15, 0.2) is 59.1 Å². The van der Waals surface area contributed by atoms with Crippen molar-refractivity contribution in [3.8, 4) is 17.3 Å². The molecule has 0 atom stereocenters. The lowest BCUT2D eigenvalue weighted by Crippen LogP contribution is -2.18. The van der Waals surface area contributed by atoms with E-state index in [0.717, 1.165) is 22.0 Å². The van der Waals surface area contributed by atoms with Gasteiger partial charge in [0.25, 0.3) is 0 Å². The highest BCUT2D eigenvalue weighted by Crippen LogP contribution is 2.24. The summed E-state index contributed by atoms with van der Waals surface area (Å²) in [6.07, 6.45) is 0. The van der Waals surface area contributed by atoms with Crippen LogP contribution in [0.25, 0.3) is 22.3 Å². The third-order valence-electron chi connectivity index (χ3n) is 4.55. The van der Waals surface area contributed by atoms with E-state index in [2.05, 4.69) is 45.1 Å². The molecule has 4 aromatic rings. The molecule has 6 nitrogen and oxygen atoms in total. The second-order valence-electron chi connectivity index (χ2n) is 6.90. The number of hydrogen-bond acceptors (Lipinski definition) is 6. The molecular weight excluding hydrogens is 352 g/mol. The first kappa shape index (κ1) is 18.1. The summed E-state index contributed by atoms with van der Waals surface area (Å²) in [5.41, 5.74) is 4.10.